The number of nitrogens with zero attached hydrogens (tertiary/aromatic N) is 3. The van der Waals surface area contributed by atoms with E-state index >= 15 is 4.57 Å². The fraction of sp³-hybridized carbons (Fsp3) is 0. The number of para-hydroxylation sites is 4. The van der Waals surface area contributed by atoms with Crippen molar-refractivity contribution >= 4 is 72.4 Å². The summed E-state index contributed by atoms with van der Waals surface area (Å²) >= 11 is 0. The lowest BCUT2D eigenvalue weighted by Gasteiger charge is -2.24. The number of imidazole rings is 1. The van der Waals surface area contributed by atoms with Crippen molar-refractivity contribution < 1.29 is 4.57 Å². The average Bonchev–Trinajstić information content (AvgIpc) is 3.40. The number of hydrogen-bond donors (Lipinski definition) is 0. The largest absolute Gasteiger partial charge is 0.309 e. The van der Waals surface area contributed by atoms with Crippen molar-refractivity contribution in [2.75, 3.05) is 0 Å². The van der Waals surface area contributed by atoms with Crippen molar-refractivity contribution in [2.24, 2.45) is 0 Å². The molecule has 3 heterocycles. The van der Waals surface area contributed by atoms with Crippen LogP contribution in [0.3, 0.4) is 0 Å². The minimum atomic E-state index is -3.39. The molecular formula is C34H22N3OP. The first kappa shape index (κ1) is 22.2. The zero-order valence-corrected chi connectivity index (χ0v) is 21.8. The van der Waals surface area contributed by atoms with Crippen LogP contribution >= 0.6 is 7.14 Å². The third-order valence-electron chi connectivity index (χ3n) is 7.60. The maximum Gasteiger partial charge on any atom is 0.172 e. The van der Waals surface area contributed by atoms with Crippen LogP contribution in [0.15, 0.2) is 133 Å². The summed E-state index contributed by atoms with van der Waals surface area (Å²) in [5.74, 6) is 0. The molecular weight excluding hydrogens is 497 g/mol. The van der Waals surface area contributed by atoms with Gasteiger partial charge in [-0.1, -0.05) is 109 Å². The monoisotopic (exact) mass is 519 g/mol. The summed E-state index contributed by atoms with van der Waals surface area (Å²) < 4.78 is 18.2. The molecule has 0 atom stereocenters. The highest BCUT2D eigenvalue weighted by Crippen LogP contribution is 2.48. The average molecular weight is 520 g/mol. The second-order valence-corrected chi connectivity index (χ2v) is 12.5. The standard InChI is InChI=1S/C34H22N3OP/c38-39(23-13-3-1-4-14-23,24-15-5-2-6-16-24)33-25-17-7-9-19-27(25)35-32-26-18-8-11-21-29(26)37-30-22-12-10-20-28(30)36-34(37)31(32)33/h1-22H. The van der Waals surface area contributed by atoms with Crippen molar-refractivity contribution in [3.8, 4) is 0 Å². The molecule has 0 saturated heterocycles. The molecule has 0 bridgehead atoms. The Kier molecular flexibility index (Phi) is 4.76. The van der Waals surface area contributed by atoms with Crippen molar-refractivity contribution in [1.29, 1.82) is 0 Å². The van der Waals surface area contributed by atoms with E-state index in [0.29, 0.717) is 0 Å². The minimum Gasteiger partial charge on any atom is -0.309 e. The van der Waals surface area contributed by atoms with Gasteiger partial charge in [0.15, 0.2) is 7.14 Å². The van der Waals surface area contributed by atoms with Crippen LogP contribution in [0, 0.1) is 0 Å². The first-order valence-electron chi connectivity index (χ1n) is 13.0. The summed E-state index contributed by atoms with van der Waals surface area (Å²) in [7, 11) is -3.39. The van der Waals surface area contributed by atoms with Gasteiger partial charge in [0.25, 0.3) is 0 Å². The molecule has 0 fully saturated rings. The quantitative estimate of drug-likeness (QED) is 0.144. The minimum absolute atomic E-state index is 0.769. The second kappa shape index (κ2) is 8.36. The zero-order valence-electron chi connectivity index (χ0n) is 20.9. The van der Waals surface area contributed by atoms with Crippen LogP contribution in [0.1, 0.15) is 0 Å². The predicted octanol–water partition coefficient (Wildman–Crippen LogP) is 6.98. The summed E-state index contributed by atoms with van der Waals surface area (Å²) in [5, 5.41) is 5.08. The van der Waals surface area contributed by atoms with Gasteiger partial charge in [0.1, 0.15) is 5.65 Å². The lowest BCUT2D eigenvalue weighted by atomic mass is 10.1. The van der Waals surface area contributed by atoms with Gasteiger partial charge in [0.2, 0.25) is 0 Å². The van der Waals surface area contributed by atoms with Crippen LogP contribution in [0.4, 0.5) is 0 Å². The van der Waals surface area contributed by atoms with Crippen LogP contribution < -0.4 is 15.9 Å². The van der Waals surface area contributed by atoms with Gasteiger partial charge in [-0.15, -0.1) is 0 Å². The fourth-order valence-corrected chi connectivity index (χ4v) is 8.97. The topological polar surface area (TPSA) is 47.3 Å². The maximum absolute atomic E-state index is 16.0. The molecule has 0 unspecified atom stereocenters. The molecule has 39 heavy (non-hydrogen) atoms. The van der Waals surface area contributed by atoms with Crippen molar-refractivity contribution in [1.82, 2.24) is 14.4 Å². The highest BCUT2D eigenvalue weighted by atomic mass is 31.2. The lowest BCUT2D eigenvalue weighted by molar-refractivity contribution is 0.593. The number of rotatable bonds is 3. The Labute approximate surface area is 224 Å². The first-order valence-corrected chi connectivity index (χ1v) is 14.7. The van der Waals surface area contributed by atoms with Crippen LogP contribution in [0.5, 0.6) is 0 Å². The Balaban J connectivity index is 1.72. The molecule has 184 valence electrons. The predicted molar refractivity (Wildman–Crippen MR) is 162 cm³/mol. The molecule has 0 aliphatic carbocycles. The van der Waals surface area contributed by atoms with Gasteiger partial charge in [-0.05, 0) is 24.3 Å². The number of hydrogen-bond acceptors (Lipinski definition) is 3. The number of aromatic nitrogens is 3. The van der Waals surface area contributed by atoms with Crippen molar-refractivity contribution in [3.05, 3.63) is 133 Å². The van der Waals surface area contributed by atoms with E-state index in [1.54, 1.807) is 0 Å². The van der Waals surface area contributed by atoms with Gasteiger partial charge < -0.3 is 4.57 Å². The molecule has 0 N–H and O–H groups in total. The van der Waals surface area contributed by atoms with Crippen LogP contribution in [-0.2, 0) is 4.57 Å². The molecule has 0 saturated carbocycles. The molecule has 3 aromatic heterocycles. The summed E-state index contributed by atoms with van der Waals surface area (Å²) in [4.78, 5) is 10.4. The van der Waals surface area contributed by atoms with Crippen LogP contribution in [-0.4, -0.2) is 14.4 Å². The van der Waals surface area contributed by atoms with E-state index in [2.05, 4.69) is 22.6 Å². The zero-order chi connectivity index (χ0) is 26.0. The van der Waals surface area contributed by atoms with E-state index in [4.69, 9.17) is 9.97 Å². The Hall–Kier alpha value is -4.79. The molecule has 0 amide bonds. The van der Waals surface area contributed by atoms with E-state index in [9.17, 15) is 0 Å². The summed E-state index contributed by atoms with van der Waals surface area (Å²) in [5.41, 5.74) is 5.33. The molecule has 0 radical (unpaired) electrons. The number of pyridine rings is 2. The molecule has 5 aromatic carbocycles. The maximum atomic E-state index is 16.0. The Morgan fingerprint density at radius 1 is 0.513 bits per heavy atom. The van der Waals surface area contributed by atoms with Gasteiger partial charge in [0, 0.05) is 26.7 Å². The number of fused-ring (bicyclic) bond motifs is 9. The Morgan fingerprint density at radius 3 is 1.74 bits per heavy atom. The van der Waals surface area contributed by atoms with Gasteiger partial charge >= 0.3 is 0 Å². The second-order valence-electron chi connectivity index (χ2n) is 9.76. The highest BCUT2D eigenvalue weighted by Gasteiger charge is 2.35. The molecule has 5 heteroatoms. The summed E-state index contributed by atoms with van der Waals surface area (Å²) in [6, 6.07) is 44.2. The Morgan fingerprint density at radius 2 is 1.05 bits per heavy atom. The van der Waals surface area contributed by atoms with E-state index in [1.807, 2.05) is 115 Å². The van der Waals surface area contributed by atoms with Crippen LogP contribution in [0.2, 0.25) is 0 Å². The van der Waals surface area contributed by atoms with E-state index in [1.165, 1.54) is 0 Å². The van der Waals surface area contributed by atoms with Gasteiger partial charge in [-0.2, -0.15) is 0 Å². The molecule has 4 nitrogen and oxygen atoms in total. The van der Waals surface area contributed by atoms with Crippen molar-refractivity contribution in [3.63, 3.8) is 0 Å². The van der Waals surface area contributed by atoms with E-state index in [0.717, 1.165) is 65.3 Å². The summed E-state index contributed by atoms with van der Waals surface area (Å²) in [6.07, 6.45) is 0. The van der Waals surface area contributed by atoms with Crippen LogP contribution in [0.25, 0.3) is 49.4 Å². The highest BCUT2D eigenvalue weighted by molar-refractivity contribution is 7.86. The SMILES string of the molecule is O=P(c1ccccc1)(c1ccccc1)c1c2ccccc2nc2c3ccccc3n3c4ccccc4nc3c12. The van der Waals surface area contributed by atoms with Gasteiger partial charge in [-0.3, -0.25) is 4.40 Å². The van der Waals surface area contributed by atoms with E-state index < -0.39 is 7.14 Å². The number of benzene rings is 5. The summed E-state index contributed by atoms with van der Waals surface area (Å²) in [6.45, 7) is 0. The molecule has 0 aliphatic rings. The molecule has 0 spiro atoms. The molecule has 0 aliphatic heterocycles. The lowest BCUT2D eigenvalue weighted by Crippen LogP contribution is -2.27. The third-order valence-corrected chi connectivity index (χ3v) is 10.7. The van der Waals surface area contributed by atoms with E-state index in [-0.39, 0.29) is 0 Å². The Bertz CT molecular complexity index is 2210. The fourth-order valence-electron chi connectivity index (χ4n) is 5.92. The van der Waals surface area contributed by atoms with Gasteiger partial charge in [-0.25, -0.2) is 9.97 Å². The first-order chi connectivity index (χ1) is 19.2. The normalized spacial score (nSPS) is 12.2. The molecule has 8 rings (SSSR count). The smallest absolute Gasteiger partial charge is 0.172 e. The van der Waals surface area contributed by atoms with Gasteiger partial charge in [0.05, 0.1) is 33.0 Å². The molecule has 8 aromatic rings. The third kappa shape index (κ3) is 3.10. The van der Waals surface area contributed by atoms with Crippen molar-refractivity contribution in [2.45, 2.75) is 0 Å².